The van der Waals surface area contributed by atoms with Crippen LogP contribution >= 0.6 is 15.9 Å². The van der Waals surface area contributed by atoms with Crippen LogP contribution in [-0.2, 0) is 17.9 Å². The number of aromatic nitrogens is 2. The Morgan fingerprint density at radius 2 is 1.85 bits per heavy atom. The highest BCUT2D eigenvalue weighted by atomic mass is 79.9. The van der Waals surface area contributed by atoms with Crippen LogP contribution in [0, 0.1) is 0 Å². The van der Waals surface area contributed by atoms with E-state index in [1.165, 1.54) is 18.0 Å². The van der Waals surface area contributed by atoms with E-state index in [0.717, 1.165) is 11.1 Å². The van der Waals surface area contributed by atoms with Gasteiger partial charge in [0.25, 0.3) is 5.56 Å². The summed E-state index contributed by atoms with van der Waals surface area (Å²) >= 11 is 3.27. The normalized spacial score (nSPS) is 10.4. The molecule has 0 aliphatic carbocycles. The van der Waals surface area contributed by atoms with Crippen LogP contribution in [0.15, 0.2) is 70.2 Å². The van der Waals surface area contributed by atoms with Crippen molar-refractivity contribution >= 4 is 21.9 Å². The zero-order valence-corrected chi connectivity index (χ0v) is 16.2. The van der Waals surface area contributed by atoms with Gasteiger partial charge in [0.2, 0.25) is 5.88 Å². The average molecular weight is 429 g/mol. The third-order valence-electron chi connectivity index (χ3n) is 3.87. The highest BCUT2D eigenvalue weighted by Crippen LogP contribution is 2.19. The number of rotatable bonds is 6. The first-order valence-electron chi connectivity index (χ1n) is 8.17. The van der Waals surface area contributed by atoms with Gasteiger partial charge in [-0.2, -0.15) is 0 Å². The summed E-state index contributed by atoms with van der Waals surface area (Å²) in [6.07, 6.45) is 1.43. The van der Waals surface area contributed by atoms with Crippen molar-refractivity contribution in [2.75, 3.05) is 7.11 Å². The first kappa shape index (κ1) is 18.8. The second-order valence-electron chi connectivity index (χ2n) is 5.76. The lowest BCUT2D eigenvalue weighted by atomic mass is 10.1. The van der Waals surface area contributed by atoms with Gasteiger partial charge >= 0.3 is 5.97 Å². The molecule has 1 aromatic heterocycles. The van der Waals surface area contributed by atoms with Gasteiger partial charge in [-0.1, -0.05) is 42.5 Å². The van der Waals surface area contributed by atoms with E-state index in [9.17, 15) is 9.59 Å². The minimum Gasteiger partial charge on any atom is -0.472 e. The summed E-state index contributed by atoms with van der Waals surface area (Å²) in [5.74, 6) is -0.184. The monoisotopic (exact) mass is 428 g/mol. The summed E-state index contributed by atoms with van der Waals surface area (Å²) in [5, 5.41) is 0. The molecule has 0 amide bonds. The summed E-state index contributed by atoms with van der Waals surface area (Å²) in [6.45, 7) is 0.589. The molecule has 0 bridgehead atoms. The van der Waals surface area contributed by atoms with E-state index in [-0.39, 0.29) is 22.5 Å². The Morgan fingerprint density at radius 1 is 1.11 bits per heavy atom. The number of benzene rings is 2. The van der Waals surface area contributed by atoms with Crippen molar-refractivity contribution in [2.45, 2.75) is 13.2 Å². The van der Waals surface area contributed by atoms with Gasteiger partial charge in [-0.05, 0) is 39.2 Å². The van der Waals surface area contributed by atoms with E-state index in [0.29, 0.717) is 12.2 Å². The highest BCUT2D eigenvalue weighted by Gasteiger charge is 2.12. The van der Waals surface area contributed by atoms with Crippen LogP contribution in [0.5, 0.6) is 5.88 Å². The van der Waals surface area contributed by atoms with Crippen LogP contribution < -0.4 is 10.3 Å². The molecule has 0 saturated heterocycles. The molecule has 1 heterocycles. The molecule has 138 valence electrons. The van der Waals surface area contributed by atoms with E-state index in [1.807, 2.05) is 36.4 Å². The number of carbonyl (C=O) groups excluding carboxylic acids is 1. The number of halogens is 1. The van der Waals surface area contributed by atoms with Gasteiger partial charge in [0, 0.05) is 0 Å². The second kappa shape index (κ2) is 8.64. The molecule has 6 nitrogen and oxygen atoms in total. The van der Waals surface area contributed by atoms with E-state index in [2.05, 4.69) is 20.9 Å². The fraction of sp³-hybridized carbons (Fsp3) is 0.150. The number of nitrogens with zero attached hydrogens (tertiary/aromatic N) is 2. The smallest absolute Gasteiger partial charge is 0.337 e. The second-order valence-corrected chi connectivity index (χ2v) is 6.56. The largest absolute Gasteiger partial charge is 0.472 e. The molecule has 0 N–H and O–H groups in total. The lowest BCUT2D eigenvalue weighted by Crippen LogP contribution is -2.22. The molecule has 3 aromatic rings. The van der Waals surface area contributed by atoms with Crippen molar-refractivity contribution < 1.29 is 14.3 Å². The van der Waals surface area contributed by atoms with Gasteiger partial charge in [-0.3, -0.25) is 9.36 Å². The van der Waals surface area contributed by atoms with Crippen molar-refractivity contribution in [2.24, 2.45) is 0 Å². The highest BCUT2D eigenvalue weighted by molar-refractivity contribution is 9.10. The molecule has 7 heteroatoms. The van der Waals surface area contributed by atoms with Gasteiger partial charge in [-0.15, -0.1) is 0 Å². The maximum Gasteiger partial charge on any atom is 0.337 e. The maximum absolute atomic E-state index is 12.6. The van der Waals surface area contributed by atoms with E-state index < -0.39 is 5.97 Å². The quantitative estimate of drug-likeness (QED) is 0.562. The Bertz CT molecular complexity index is 1000. The fourth-order valence-corrected chi connectivity index (χ4v) is 2.94. The van der Waals surface area contributed by atoms with Crippen LogP contribution in [0.3, 0.4) is 0 Å². The SMILES string of the molecule is COC(=O)c1cccc(Cn2cnc(OCc3ccccc3)c(Br)c2=O)c1. The van der Waals surface area contributed by atoms with Crippen molar-refractivity contribution in [3.05, 3.63) is 92.4 Å². The molecule has 0 saturated carbocycles. The molecule has 0 unspecified atom stereocenters. The van der Waals surface area contributed by atoms with Gasteiger partial charge in [0.15, 0.2) is 0 Å². The zero-order chi connectivity index (χ0) is 19.2. The topological polar surface area (TPSA) is 70.4 Å². The van der Waals surface area contributed by atoms with Crippen molar-refractivity contribution in [3.8, 4) is 5.88 Å². The number of ether oxygens (including phenoxy) is 2. The number of esters is 1. The van der Waals surface area contributed by atoms with Crippen molar-refractivity contribution in [1.29, 1.82) is 0 Å². The third-order valence-corrected chi connectivity index (χ3v) is 4.55. The number of methoxy groups -OCH3 is 1. The number of carbonyl (C=O) groups is 1. The minimum absolute atomic E-state index is 0.239. The molecule has 0 aliphatic heterocycles. The Morgan fingerprint density at radius 3 is 2.59 bits per heavy atom. The Hall–Kier alpha value is -2.93. The summed E-state index contributed by atoms with van der Waals surface area (Å²) in [4.78, 5) is 28.5. The number of hydrogen-bond donors (Lipinski definition) is 0. The molecule has 27 heavy (non-hydrogen) atoms. The van der Waals surface area contributed by atoms with Gasteiger partial charge < -0.3 is 9.47 Å². The predicted octanol–water partition coefficient (Wildman–Crippen LogP) is 3.42. The zero-order valence-electron chi connectivity index (χ0n) is 14.6. The molecule has 0 atom stereocenters. The molecular weight excluding hydrogens is 412 g/mol. The fourth-order valence-electron chi connectivity index (χ4n) is 2.50. The van der Waals surface area contributed by atoms with Crippen LogP contribution in [0.2, 0.25) is 0 Å². The molecule has 0 spiro atoms. The summed E-state index contributed by atoms with van der Waals surface area (Å²) in [5.41, 5.74) is 1.93. The molecule has 0 aliphatic rings. The summed E-state index contributed by atoms with van der Waals surface area (Å²) in [6, 6.07) is 16.5. The minimum atomic E-state index is -0.423. The first-order valence-corrected chi connectivity index (χ1v) is 8.96. The van der Waals surface area contributed by atoms with Crippen LogP contribution in [0.25, 0.3) is 0 Å². The molecule has 2 aromatic carbocycles. The summed E-state index contributed by atoms with van der Waals surface area (Å²) in [7, 11) is 1.33. The van der Waals surface area contributed by atoms with Gasteiger partial charge in [0.05, 0.1) is 19.2 Å². The van der Waals surface area contributed by atoms with Crippen molar-refractivity contribution in [3.63, 3.8) is 0 Å². The average Bonchev–Trinajstić information content (AvgIpc) is 2.71. The van der Waals surface area contributed by atoms with Crippen LogP contribution in [-0.4, -0.2) is 22.6 Å². The van der Waals surface area contributed by atoms with Gasteiger partial charge in [-0.25, -0.2) is 9.78 Å². The Labute approximate surface area is 164 Å². The molecular formula is C20H17BrN2O4. The predicted molar refractivity (Wildman–Crippen MR) is 104 cm³/mol. The summed E-state index contributed by atoms with van der Waals surface area (Å²) < 4.78 is 12.1. The van der Waals surface area contributed by atoms with Crippen LogP contribution in [0.4, 0.5) is 0 Å². The van der Waals surface area contributed by atoms with Crippen LogP contribution in [0.1, 0.15) is 21.5 Å². The third kappa shape index (κ3) is 4.62. The van der Waals surface area contributed by atoms with E-state index in [4.69, 9.17) is 9.47 Å². The Kier molecular flexibility index (Phi) is 6.03. The molecule has 0 radical (unpaired) electrons. The number of hydrogen-bond acceptors (Lipinski definition) is 5. The van der Waals surface area contributed by atoms with Gasteiger partial charge in [0.1, 0.15) is 17.4 Å². The lowest BCUT2D eigenvalue weighted by Gasteiger charge is -2.11. The Balaban J connectivity index is 1.77. The standard InChI is InChI=1S/C20H17BrN2O4/c1-26-20(25)16-9-5-8-15(10-16)11-23-13-22-18(17(21)19(23)24)27-12-14-6-3-2-4-7-14/h2-10,13H,11-12H2,1H3. The maximum atomic E-state index is 12.6. The van der Waals surface area contributed by atoms with E-state index in [1.54, 1.807) is 18.2 Å². The lowest BCUT2D eigenvalue weighted by molar-refractivity contribution is 0.0600. The molecule has 0 fully saturated rings. The van der Waals surface area contributed by atoms with E-state index >= 15 is 0 Å². The van der Waals surface area contributed by atoms with Crippen molar-refractivity contribution in [1.82, 2.24) is 9.55 Å². The molecule has 3 rings (SSSR count). The first-order chi connectivity index (χ1) is 13.1.